The molecule has 0 spiro atoms. The number of carbonyl (C=O) groups is 2. The van der Waals surface area contributed by atoms with Gasteiger partial charge in [-0.25, -0.2) is 9.69 Å². The average molecular weight is 426 g/mol. The van der Waals surface area contributed by atoms with E-state index in [0.29, 0.717) is 5.89 Å². The molecule has 1 aliphatic rings. The zero-order valence-corrected chi connectivity index (χ0v) is 16.6. The summed E-state index contributed by atoms with van der Waals surface area (Å²) in [6.07, 6.45) is 0. The molecule has 1 aromatic carbocycles. The molecular weight excluding hydrogens is 409 g/mol. The van der Waals surface area contributed by atoms with E-state index in [4.69, 9.17) is 4.52 Å². The SMILES string of the molecule is C=C1C(=O)N(c2ccc(SC(F)(F)F)cc2)C(=O)N1Cc1noc(C(C)(C)C)n1. The van der Waals surface area contributed by atoms with Gasteiger partial charge in [0.15, 0.2) is 5.82 Å². The third kappa shape index (κ3) is 4.44. The Morgan fingerprint density at radius 3 is 2.28 bits per heavy atom. The van der Waals surface area contributed by atoms with Crippen LogP contribution in [0.1, 0.15) is 32.5 Å². The van der Waals surface area contributed by atoms with Crippen LogP contribution in [0.15, 0.2) is 46.0 Å². The van der Waals surface area contributed by atoms with Crippen molar-refractivity contribution in [3.63, 3.8) is 0 Å². The largest absolute Gasteiger partial charge is 0.446 e. The van der Waals surface area contributed by atoms with E-state index < -0.39 is 17.4 Å². The Morgan fingerprint density at radius 1 is 1.14 bits per heavy atom. The van der Waals surface area contributed by atoms with Gasteiger partial charge in [0.1, 0.15) is 5.70 Å². The monoisotopic (exact) mass is 426 g/mol. The fourth-order valence-electron chi connectivity index (χ4n) is 2.52. The van der Waals surface area contributed by atoms with Crippen LogP contribution >= 0.6 is 11.8 Å². The van der Waals surface area contributed by atoms with Gasteiger partial charge in [-0.2, -0.15) is 18.2 Å². The van der Waals surface area contributed by atoms with Gasteiger partial charge in [0, 0.05) is 10.3 Å². The number of amides is 3. The van der Waals surface area contributed by atoms with Crippen LogP contribution in [-0.4, -0.2) is 32.5 Å². The minimum atomic E-state index is -4.43. The van der Waals surface area contributed by atoms with E-state index >= 15 is 0 Å². The summed E-state index contributed by atoms with van der Waals surface area (Å²) in [6.45, 7) is 9.17. The third-order valence-corrected chi connectivity index (χ3v) is 4.68. The number of halogens is 3. The summed E-state index contributed by atoms with van der Waals surface area (Å²) >= 11 is -0.283. The normalized spacial score (nSPS) is 15.6. The molecule has 2 heterocycles. The molecule has 0 bridgehead atoms. The summed E-state index contributed by atoms with van der Waals surface area (Å²) in [4.78, 5) is 31.4. The van der Waals surface area contributed by atoms with Crippen LogP contribution in [0.5, 0.6) is 0 Å². The number of urea groups is 1. The first-order valence-electron chi connectivity index (χ1n) is 8.40. The molecule has 7 nitrogen and oxygen atoms in total. The maximum Gasteiger partial charge on any atom is 0.446 e. The van der Waals surface area contributed by atoms with Gasteiger partial charge in [-0.1, -0.05) is 32.5 Å². The fraction of sp³-hybridized carbons (Fsp3) is 0.333. The van der Waals surface area contributed by atoms with Crippen molar-refractivity contribution in [1.82, 2.24) is 15.0 Å². The van der Waals surface area contributed by atoms with Crippen molar-refractivity contribution >= 4 is 29.4 Å². The molecule has 1 fully saturated rings. The molecule has 0 unspecified atom stereocenters. The summed E-state index contributed by atoms with van der Waals surface area (Å²) < 4.78 is 42.6. The quantitative estimate of drug-likeness (QED) is 0.408. The number of aromatic nitrogens is 2. The van der Waals surface area contributed by atoms with Crippen molar-refractivity contribution in [2.24, 2.45) is 0 Å². The van der Waals surface area contributed by atoms with Gasteiger partial charge in [0.2, 0.25) is 5.89 Å². The van der Waals surface area contributed by atoms with E-state index in [1.54, 1.807) is 0 Å². The fourth-order valence-corrected chi connectivity index (χ4v) is 3.06. The standard InChI is InChI=1S/C18H17F3N4O3S/c1-10-14(26)25(11-5-7-12(8-6-11)29-18(19,20)21)16(27)24(10)9-13-22-15(28-23-13)17(2,3)4/h5-8H,1,9H2,2-4H3. The first-order chi connectivity index (χ1) is 13.4. The molecular formula is C18H17F3N4O3S. The van der Waals surface area contributed by atoms with Crippen molar-refractivity contribution in [2.75, 3.05) is 4.90 Å². The molecule has 2 aromatic rings. The maximum absolute atomic E-state index is 12.7. The minimum Gasteiger partial charge on any atom is -0.339 e. The van der Waals surface area contributed by atoms with Gasteiger partial charge in [-0.05, 0) is 36.0 Å². The molecule has 1 aliphatic heterocycles. The molecule has 0 saturated carbocycles. The summed E-state index contributed by atoms with van der Waals surface area (Å²) in [5.74, 6) is -0.0903. The molecule has 0 radical (unpaired) electrons. The summed E-state index contributed by atoms with van der Waals surface area (Å²) in [6, 6.07) is 4.22. The number of rotatable bonds is 4. The summed E-state index contributed by atoms with van der Waals surface area (Å²) in [5.41, 5.74) is -4.76. The second-order valence-corrected chi connectivity index (χ2v) is 8.40. The Morgan fingerprint density at radius 2 is 1.76 bits per heavy atom. The first kappa shape index (κ1) is 20.9. The molecule has 0 atom stereocenters. The molecule has 154 valence electrons. The molecule has 1 aromatic heterocycles. The second kappa shape index (κ2) is 7.21. The van der Waals surface area contributed by atoms with Crippen molar-refractivity contribution in [3.05, 3.63) is 48.3 Å². The van der Waals surface area contributed by atoms with E-state index in [2.05, 4.69) is 16.7 Å². The lowest BCUT2D eigenvalue weighted by Gasteiger charge is -2.16. The zero-order chi connectivity index (χ0) is 21.6. The Balaban J connectivity index is 1.79. The summed E-state index contributed by atoms with van der Waals surface area (Å²) in [5, 5.41) is 3.82. The maximum atomic E-state index is 12.7. The molecule has 11 heteroatoms. The lowest BCUT2D eigenvalue weighted by Crippen LogP contribution is -2.32. The number of thioether (sulfide) groups is 1. The number of benzene rings is 1. The number of alkyl halides is 3. The lowest BCUT2D eigenvalue weighted by molar-refractivity contribution is -0.114. The lowest BCUT2D eigenvalue weighted by atomic mass is 9.97. The van der Waals surface area contributed by atoms with Gasteiger partial charge >= 0.3 is 11.5 Å². The van der Waals surface area contributed by atoms with E-state index in [1.165, 1.54) is 24.3 Å². The third-order valence-electron chi connectivity index (χ3n) is 3.94. The van der Waals surface area contributed by atoms with E-state index in [-0.39, 0.29) is 45.8 Å². The topological polar surface area (TPSA) is 79.5 Å². The van der Waals surface area contributed by atoms with Gasteiger partial charge < -0.3 is 4.52 Å². The molecule has 0 N–H and O–H groups in total. The van der Waals surface area contributed by atoms with Gasteiger partial charge in [-0.15, -0.1) is 0 Å². The van der Waals surface area contributed by atoms with Crippen LogP contribution in [0.25, 0.3) is 0 Å². The highest BCUT2D eigenvalue weighted by molar-refractivity contribution is 8.00. The number of nitrogens with zero attached hydrogens (tertiary/aromatic N) is 4. The van der Waals surface area contributed by atoms with E-state index in [9.17, 15) is 22.8 Å². The van der Waals surface area contributed by atoms with Gasteiger partial charge in [-0.3, -0.25) is 9.69 Å². The Labute approximate surface area is 168 Å². The van der Waals surface area contributed by atoms with Crippen LogP contribution in [-0.2, 0) is 16.8 Å². The van der Waals surface area contributed by atoms with Crippen LogP contribution < -0.4 is 4.90 Å². The molecule has 3 amide bonds. The number of hydrogen-bond acceptors (Lipinski definition) is 6. The van der Waals surface area contributed by atoms with Crippen molar-refractivity contribution in [3.8, 4) is 0 Å². The summed E-state index contributed by atoms with van der Waals surface area (Å²) in [7, 11) is 0. The predicted molar refractivity (Wildman–Crippen MR) is 98.9 cm³/mol. The highest BCUT2D eigenvalue weighted by atomic mass is 32.2. The smallest absolute Gasteiger partial charge is 0.339 e. The number of anilines is 1. The van der Waals surface area contributed by atoms with Crippen molar-refractivity contribution < 1.29 is 27.3 Å². The van der Waals surface area contributed by atoms with Gasteiger partial charge in [0.25, 0.3) is 5.91 Å². The highest BCUT2D eigenvalue weighted by Crippen LogP contribution is 2.38. The second-order valence-electron chi connectivity index (χ2n) is 7.26. The number of hydrogen-bond donors (Lipinski definition) is 0. The Bertz CT molecular complexity index is 964. The van der Waals surface area contributed by atoms with Gasteiger partial charge in [0.05, 0.1) is 12.2 Å². The molecule has 1 saturated heterocycles. The highest BCUT2D eigenvalue weighted by Gasteiger charge is 2.41. The molecule has 29 heavy (non-hydrogen) atoms. The van der Waals surface area contributed by atoms with Crippen LogP contribution in [0.2, 0.25) is 0 Å². The van der Waals surface area contributed by atoms with Crippen LogP contribution in [0.4, 0.5) is 23.7 Å². The van der Waals surface area contributed by atoms with E-state index in [1.807, 2.05) is 20.8 Å². The van der Waals surface area contributed by atoms with Crippen molar-refractivity contribution in [1.29, 1.82) is 0 Å². The Kier molecular flexibility index (Phi) is 5.20. The number of carbonyl (C=O) groups excluding carboxylic acids is 2. The molecule has 0 aliphatic carbocycles. The van der Waals surface area contributed by atoms with Crippen LogP contribution in [0, 0.1) is 0 Å². The first-order valence-corrected chi connectivity index (χ1v) is 9.22. The minimum absolute atomic E-state index is 0.0578. The Hall–Kier alpha value is -2.82. The zero-order valence-electron chi connectivity index (χ0n) is 15.8. The molecule has 3 rings (SSSR count). The van der Waals surface area contributed by atoms with Crippen LogP contribution in [0.3, 0.4) is 0 Å². The average Bonchev–Trinajstić information content (AvgIpc) is 3.15. The van der Waals surface area contributed by atoms with E-state index in [0.717, 1.165) is 9.80 Å². The number of imide groups is 1. The predicted octanol–water partition coefficient (Wildman–Crippen LogP) is 4.46. The van der Waals surface area contributed by atoms with Crippen molar-refractivity contribution in [2.45, 2.75) is 43.1 Å².